The summed E-state index contributed by atoms with van der Waals surface area (Å²) >= 11 is 1.67. The summed E-state index contributed by atoms with van der Waals surface area (Å²) in [7, 11) is -3.33. The molecule has 1 saturated carbocycles. The SMILES string of the molecule is O=S(=O)(CCc1csc2ccccc12)N1CCC2(CC1)NC(C1CCCCC1)=NC2O. The first kappa shape index (κ1) is 21.4. The van der Waals surface area contributed by atoms with E-state index >= 15 is 0 Å². The minimum Gasteiger partial charge on any atom is -0.370 e. The fourth-order valence-corrected chi connectivity index (χ4v) is 7.80. The first-order chi connectivity index (χ1) is 15.0. The van der Waals surface area contributed by atoms with Crippen molar-refractivity contribution < 1.29 is 13.5 Å². The Kier molecular flexibility index (Phi) is 5.83. The molecule has 8 heteroatoms. The number of aliphatic hydroxyl groups is 1. The fourth-order valence-electron chi connectivity index (χ4n) is 5.33. The Balaban J connectivity index is 1.20. The second kappa shape index (κ2) is 8.46. The number of rotatable bonds is 5. The van der Waals surface area contributed by atoms with Gasteiger partial charge in [-0.25, -0.2) is 17.7 Å². The van der Waals surface area contributed by atoms with Gasteiger partial charge in [0, 0.05) is 23.7 Å². The van der Waals surface area contributed by atoms with Gasteiger partial charge >= 0.3 is 0 Å². The van der Waals surface area contributed by atoms with Gasteiger partial charge in [-0.3, -0.25) is 0 Å². The zero-order chi connectivity index (χ0) is 21.5. The molecule has 2 N–H and O–H groups in total. The average Bonchev–Trinajstić information content (AvgIpc) is 3.35. The van der Waals surface area contributed by atoms with Crippen LogP contribution in [-0.4, -0.2) is 54.3 Å². The molecule has 0 bridgehead atoms. The number of hydrogen-bond donors (Lipinski definition) is 2. The molecule has 1 atom stereocenters. The van der Waals surface area contributed by atoms with Crippen molar-refractivity contribution in [3.05, 3.63) is 35.2 Å². The minimum atomic E-state index is -3.33. The highest BCUT2D eigenvalue weighted by Crippen LogP contribution is 2.35. The lowest BCUT2D eigenvalue weighted by Crippen LogP contribution is -2.58. The molecule has 6 nitrogen and oxygen atoms in total. The number of thiophene rings is 1. The molecule has 5 rings (SSSR count). The molecule has 1 unspecified atom stereocenters. The molecule has 1 saturated heterocycles. The van der Waals surface area contributed by atoms with Gasteiger partial charge in [0.15, 0.2) is 6.23 Å². The molecule has 3 heterocycles. The van der Waals surface area contributed by atoms with Crippen LogP contribution in [0.15, 0.2) is 34.6 Å². The molecule has 168 valence electrons. The second-order valence-electron chi connectivity index (χ2n) is 9.23. The Morgan fingerprint density at radius 2 is 1.90 bits per heavy atom. The summed E-state index contributed by atoms with van der Waals surface area (Å²) in [5.41, 5.74) is 0.610. The second-order valence-corrected chi connectivity index (χ2v) is 12.2. The van der Waals surface area contributed by atoms with Crippen molar-refractivity contribution in [2.75, 3.05) is 18.8 Å². The van der Waals surface area contributed by atoms with Crippen molar-refractivity contribution in [1.82, 2.24) is 9.62 Å². The number of aliphatic hydroxyl groups excluding tert-OH is 1. The zero-order valence-corrected chi connectivity index (χ0v) is 19.4. The number of aryl methyl sites for hydroxylation is 1. The summed E-state index contributed by atoms with van der Waals surface area (Å²) in [5.74, 6) is 1.50. The summed E-state index contributed by atoms with van der Waals surface area (Å²) < 4.78 is 28.9. The predicted molar refractivity (Wildman–Crippen MR) is 126 cm³/mol. The first-order valence-electron chi connectivity index (χ1n) is 11.4. The predicted octanol–water partition coefficient (Wildman–Crippen LogP) is 3.51. The van der Waals surface area contributed by atoms with Gasteiger partial charge in [0.1, 0.15) is 5.84 Å². The van der Waals surface area contributed by atoms with Crippen LogP contribution in [0.5, 0.6) is 0 Å². The van der Waals surface area contributed by atoms with Crippen LogP contribution < -0.4 is 5.32 Å². The van der Waals surface area contributed by atoms with Crippen LogP contribution in [0.4, 0.5) is 0 Å². The number of amidine groups is 1. The lowest BCUT2D eigenvalue weighted by Gasteiger charge is -2.41. The van der Waals surface area contributed by atoms with Crippen LogP contribution >= 0.6 is 11.3 Å². The molecule has 31 heavy (non-hydrogen) atoms. The highest BCUT2D eigenvalue weighted by atomic mass is 32.2. The van der Waals surface area contributed by atoms with Crippen molar-refractivity contribution in [1.29, 1.82) is 0 Å². The number of nitrogens with zero attached hydrogens (tertiary/aromatic N) is 2. The molecule has 2 aliphatic heterocycles. The number of fused-ring (bicyclic) bond motifs is 1. The molecule has 0 amide bonds. The first-order valence-corrected chi connectivity index (χ1v) is 13.9. The maximum atomic E-state index is 13.0. The standard InChI is InChI=1S/C23H31N3O3S2/c27-22-23(25-21(24-22)17-6-2-1-3-7-17)11-13-26(14-12-23)31(28,29)15-10-18-16-30-20-9-5-4-8-19(18)20/h4-5,8-9,16-17,22,27H,1-3,6-7,10-15H2,(H,24,25). The van der Waals surface area contributed by atoms with Crippen molar-refractivity contribution in [3.8, 4) is 0 Å². The van der Waals surface area contributed by atoms with E-state index in [1.165, 1.54) is 24.0 Å². The van der Waals surface area contributed by atoms with Crippen LogP contribution in [0, 0.1) is 5.92 Å². The number of sulfonamides is 1. The highest BCUT2D eigenvalue weighted by Gasteiger charge is 2.48. The van der Waals surface area contributed by atoms with Crippen LogP contribution in [-0.2, 0) is 16.4 Å². The van der Waals surface area contributed by atoms with E-state index in [-0.39, 0.29) is 5.75 Å². The Bertz CT molecular complexity index is 1060. The topological polar surface area (TPSA) is 82.0 Å². The van der Waals surface area contributed by atoms with E-state index in [1.807, 2.05) is 12.1 Å². The maximum Gasteiger partial charge on any atom is 0.214 e. The van der Waals surface area contributed by atoms with Gasteiger partial charge in [0.05, 0.1) is 11.3 Å². The largest absolute Gasteiger partial charge is 0.370 e. The zero-order valence-electron chi connectivity index (χ0n) is 17.8. The van der Waals surface area contributed by atoms with Gasteiger partial charge in [0.25, 0.3) is 0 Å². The minimum absolute atomic E-state index is 0.126. The molecule has 1 spiro atoms. The lowest BCUT2D eigenvalue weighted by atomic mass is 9.85. The van der Waals surface area contributed by atoms with Crippen molar-refractivity contribution in [2.45, 2.75) is 63.1 Å². The van der Waals surface area contributed by atoms with E-state index in [4.69, 9.17) is 0 Å². The molecule has 2 aromatic rings. The third kappa shape index (κ3) is 4.15. The van der Waals surface area contributed by atoms with Crippen molar-refractivity contribution in [3.63, 3.8) is 0 Å². The van der Waals surface area contributed by atoms with Gasteiger partial charge in [-0.1, -0.05) is 37.5 Å². The number of hydrogen-bond acceptors (Lipinski definition) is 6. The Morgan fingerprint density at radius 3 is 2.68 bits per heavy atom. The molecular weight excluding hydrogens is 430 g/mol. The monoisotopic (exact) mass is 461 g/mol. The van der Waals surface area contributed by atoms with Crippen LogP contribution in [0.25, 0.3) is 10.1 Å². The van der Waals surface area contributed by atoms with Crippen molar-refractivity contribution in [2.24, 2.45) is 10.9 Å². The quantitative estimate of drug-likeness (QED) is 0.714. The smallest absolute Gasteiger partial charge is 0.214 e. The van der Waals surface area contributed by atoms with E-state index in [2.05, 4.69) is 27.8 Å². The molecule has 1 aromatic heterocycles. The molecule has 1 aliphatic carbocycles. The van der Waals surface area contributed by atoms with Gasteiger partial charge in [-0.2, -0.15) is 0 Å². The van der Waals surface area contributed by atoms with E-state index in [1.54, 1.807) is 15.6 Å². The lowest BCUT2D eigenvalue weighted by molar-refractivity contribution is 0.0578. The number of nitrogens with one attached hydrogen (secondary N) is 1. The molecule has 2 fully saturated rings. The molecule has 0 radical (unpaired) electrons. The normalized spacial score (nSPS) is 25.1. The summed E-state index contributed by atoms with van der Waals surface area (Å²) in [6.07, 6.45) is 6.93. The summed E-state index contributed by atoms with van der Waals surface area (Å²) in [6.45, 7) is 0.870. The third-order valence-electron chi connectivity index (χ3n) is 7.32. The van der Waals surface area contributed by atoms with Gasteiger partial charge < -0.3 is 10.4 Å². The number of benzene rings is 1. The average molecular weight is 462 g/mol. The Hall–Kier alpha value is -1.48. The number of piperidine rings is 1. The third-order valence-corrected chi connectivity index (χ3v) is 10.2. The fraction of sp³-hybridized carbons (Fsp3) is 0.609. The summed E-state index contributed by atoms with van der Waals surface area (Å²) in [4.78, 5) is 4.57. The highest BCUT2D eigenvalue weighted by molar-refractivity contribution is 7.89. The van der Waals surface area contributed by atoms with Crippen molar-refractivity contribution >= 4 is 37.3 Å². The summed E-state index contributed by atoms with van der Waals surface area (Å²) in [5, 5.41) is 17.5. The molecular formula is C23H31N3O3S2. The van der Waals surface area contributed by atoms with E-state index in [9.17, 15) is 13.5 Å². The van der Waals surface area contributed by atoms with Crippen LogP contribution in [0.3, 0.4) is 0 Å². The van der Waals surface area contributed by atoms with Crippen LogP contribution in [0.2, 0.25) is 0 Å². The number of aliphatic imine (C=N–C) groups is 1. The van der Waals surface area contributed by atoms with Gasteiger partial charge in [-0.05, 0) is 54.5 Å². The molecule has 1 aromatic carbocycles. The summed E-state index contributed by atoms with van der Waals surface area (Å²) in [6, 6.07) is 8.15. The molecule has 3 aliphatic rings. The van der Waals surface area contributed by atoms with E-state index in [0.717, 1.165) is 29.6 Å². The maximum absolute atomic E-state index is 13.0. The Labute approximate surface area is 188 Å². The van der Waals surface area contributed by atoms with E-state index < -0.39 is 21.8 Å². The van der Waals surface area contributed by atoms with Gasteiger partial charge in [0.2, 0.25) is 10.0 Å². The van der Waals surface area contributed by atoms with Gasteiger partial charge in [-0.15, -0.1) is 11.3 Å². The Morgan fingerprint density at radius 1 is 1.16 bits per heavy atom. The van der Waals surface area contributed by atoms with Crippen LogP contribution in [0.1, 0.15) is 50.5 Å². The van der Waals surface area contributed by atoms with E-state index in [0.29, 0.717) is 38.3 Å².